The summed E-state index contributed by atoms with van der Waals surface area (Å²) in [6.45, 7) is 5.20. The zero-order chi connectivity index (χ0) is 16.7. The Bertz CT molecular complexity index is 518. The number of anilines is 1. The number of carbonyl (C=O) groups excluding carboxylic acids is 2. The summed E-state index contributed by atoms with van der Waals surface area (Å²) in [6, 6.07) is 6.73. The zero-order valence-electron chi connectivity index (χ0n) is 14.0. The fourth-order valence-corrected chi connectivity index (χ4v) is 2.81. The van der Waals surface area contributed by atoms with Gasteiger partial charge in [0.05, 0.1) is 5.56 Å². The van der Waals surface area contributed by atoms with Crippen LogP contribution in [0.25, 0.3) is 0 Å². The fraction of sp³-hybridized carbons (Fsp3) is 0.556. The Hall–Kier alpha value is -2.04. The van der Waals surface area contributed by atoms with E-state index in [1.807, 2.05) is 13.8 Å². The molecule has 1 aliphatic rings. The van der Waals surface area contributed by atoms with Crippen LogP contribution in [0, 0.1) is 0 Å². The van der Waals surface area contributed by atoms with Crippen LogP contribution in [0.5, 0.6) is 0 Å². The van der Waals surface area contributed by atoms with Gasteiger partial charge in [-0.2, -0.15) is 0 Å². The number of rotatable bonds is 5. The van der Waals surface area contributed by atoms with Crippen LogP contribution in [-0.4, -0.2) is 36.1 Å². The first-order chi connectivity index (χ1) is 11.1. The van der Waals surface area contributed by atoms with Crippen LogP contribution < -0.4 is 5.32 Å². The highest BCUT2D eigenvalue weighted by Gasteiger charge is 2.18. The van der Waals surface area contributed by atoms with E-state index < -0.39 is 0 Å². The molecule has 0 radical (unpaired) electrons. The van der Waals surface area contributed by atoms with Crippen molar-refractivity contribution in [1.29, 1.82) is 0 Å². The third kappa shape index (κ3) is 4.98. The SMILES string of the molecule is CCN(CC)C(=O)Nc1ccc(C(=O)OC2CCCCC2)cc1. The molecule has 1 aromatic carbocycles. The number of hydrogen-bond donors (Lipinski definition) is 1. The van der Waals surface area contributed by atoms with Crippen LogP contribution in [0.2, 0.25) is 0 Å². The second-order valence-electron chi connectivity index (χ2n) is 5.85. The van der Waals surface area contributed by atoms with Gasteiger partial charge in [-0.3, -0.25) is 0 Å². The van der Waals surface area contributed by atoms with Crippen molar-refractivity contribution in [3.63, 3.8) is 0 Å². The lowest BCUT2D eigenvalue weighted by Crippen LogP contribution is -2.34. The van der Waals surface area contributed by atoms with Gasteiger partial charge in [0.2, 0.25) is 0 Å². The summed E-state index contributed by atoms with van der Waals surface area (Å²) >= 11 is 0. The van der Waals surface area contributed by atoms with E-state index >= 15 is 0 Å². The number of nitrogens with one attached hydrogen (secondary N) is 1. The predicted molar refractivity (Wildman–Crippen MR) is 90.7 cm³/mol. The van der Waals surface area contributed by atoms with Crippen LogP contribution in [-0.2, 0) is 4.74 Å². The van der Waals surface area contributed by atoms with Gasteiger partial charge in [0.15, 0.2) is 0 Å². The molecule has 0 heterocycles. The first-order valence-electron chi connectivity index (χ1n) is 8.51. The van der Waals surface area contributed by atoms with Gasteiger partial charge < -0.3 is 15.0 Å². The Morgan fingerprint density at radius 2 is 1.70 bits per heavy atom. The second-order valence-corrected chi connectivity index (χ2v) is 5.85. The standard InChI is InChI=1S/C18H26N2O3/c1-3-20(4-2)18(22)19-15-12-10-14(11-13-15)17(21)23-16-8-6-5-7-9-16/h10-13,16H,3-9H2,1-2H3,(H,19,22). The molecule has 1 aromatic rings. The Morgan fingerprint density at radius 1 is 1.09 bits per heavy atom. The van der Waals surface area contributed by atoms with Crippen molar-refractivity contribution >= 4 is 17.7 Å². The van der Waals surface area contributed by atoms with Gasteiger partial charge >= 0.3 is 12.0 Å². The lowest BCUT2D eigenvalue weighted by molar-refractivity contribution is 0.0211. The first kappa shape index (κ1) is 17.3. The van der Waals surface area contributed by atoms with Crippen molar-refractivity contribution in [1.82, 2.24) is 4.90 Å². The number of urea groups is 1. The average Bonchev–Trinajstić information content (AvgIpc) is 2.57. The molecular formula is C18H26N2O3. The van der Waals surface area contributed by atoms with Gasteiger partial charge in [0.1, 0.15) is 6.10 Å². The number of nitrogens with zero attached hydrogens (tertiary/aromatic N) is 1. The molecule has 126 valence electrons. The molecule has 1 saturated carbocycles. The van der Waals surface area contributed by atoms with Crippen molar-refractivity contribution < 1.29 is 14.3 Å². The molecule has 1 aliphatic carbocycles. The lowest BCUT2D eigenvalue weighted by Gasteiger charge is -2.22. The highest BCUT2D eigenvalue weighted by atomic mass is 16.5. The summed E-state index contributed by atoms with van der Waals surface area (Å²) < 4.78 is 5.54. The summed E-state index contributed by atoms with van der Waals surface area (Å²) in [5.74, 6) is -0.279. The summed E-state index contributed by atoms with van der Waals surface area (Å²) in [6.07, 6.45) is 5.48. The number of hydrogen-bond acceptors (Lipinski definition) is 3. The smallest absolute Gasteiger partial charge is 0.338 e. The number of ether oxygens (including phenoxy) is 1. The monoisotopic (exact) mass is 318 g/mol. The Labute approximate surface area is 138 Å². The van der Waals surface area contributed by atoms with Crippen molar-refractivity contribution in [3.8, 4) is 0 Å². The normalized spacial score (nSPS) is 15.0. The van der Waals surface area contributed by atoms with Gasteiger partial charge in [-0.15, -0.1) is 0 Å². The van der Waals surface area contributed by atoms with Crippen LogP contribution in [0.15, 0.2) is 24.3 Å². The summed E-state index contributed by atoms with van der Waals surface area (Å²) in [5.41, 5.74) is 1.20. The second kappa shape index (κ2) is 8.56. The first-order valence-corrected chi connectivity index (χ1v) is 8.51. The highest BCUT2D eigenvalue weighted by molar-refractivity contribution is 5.92. The van der Waals surface area contributed by atoms with Crippen molar-refractivity contribution in [2.24, 2.45) is 0 Å². The molecule has 0 saturated heterocycles. The topological polar surface area (TPSA) is 58.6 Å². The van der Waals surface area contributed by atoms with Crippen molar-refractivity contribution in [2.45, 2.75) is 52.1 Å². The predicted octanol–water partition coefficient (Wildman–Crippen LogP) is 4.05. The molecular weight excluding hydrogens is 292 g/mol. The van der Waals surface area contributed by atoms with E-state index in [1.54, 1.807) is 29.2 Å². The van der Waals surface area contributed by atoms with Crippen LogP contribution >= 0.6 is 0 Å². The third-order valence-corrected chi connectivity index (χ3v) is 4.25. The molecule has 1 N–H and O–H groups in total. The molecule has 0 bridgehead atoms. The summed E-state index contributed by atoms with van der Waals surface area (Å²) in [5, 5.41) is 2.83. The number of carbonyl (C=O) groups is 2. The van der Waals surface area contributed by atoms with E-state index in [2.05, 4.69) is 5.32 Å². The average molecular weight is 318 g/mol. The molecule has 2 rings (SSSR count). The molecule has 23 heavy (non-hydrogen) atoms. The molecule has 5 nitrogen and oxygen atoms in total. The Morgan fingerprint density at radius 3 is 2.26 bits per heavy atom. The summed E-state index contributed by atoms with van der Waals surface area (Å²) in [4.78, 5) is 25.8. The Balaban J connectivity index is 1.90. The molecule has 1 fully saturated rings. The van der Waals surface area contributed by atoms with E-state index in [-0.39, 0.29) is 18.1 Å². The number of amides is 2. The molecule has 5 heteroatoms. The van der Waals surface area contributed by atoms with E-state index in [4.69, 9.17) is 4.74 Å². The highest BCUT2D eigenvalue weighted by Crippen LogP contribution is 2.21. The molecule has 2 amide bonds. The van der Waals surface area contributed by atoms with Gasteiger partial charge in [0, 0.05) is 18.8 Å². The van der Waals surface area contributed by atoms with Gasteiger partial charge in [-0.25, -0.2) is 9.59 Å². The van der Waals surface area contributed by atoms with Crippen molar-refractivity contribution in [2.75, 3.05) is 18.4 Å². The van der Waals surface area contributed by atoms with E-state index in [1.165, 1.54) is 6.42 Å². The molecule has 0 aliphatic heterocycles. The van der Waals surface area contributed by atoms with E-state index in [9.17, 15) is 9.59 Å². The van der Waals surface area contributed by atoms with Gasteiger partial charge in [0.25, 0.3) is 0 Å². The molecule has 0 atom stereocenters. The van der Waals surface area contributed by atoms with Crippen LogP contribution in [0.3, 0.4) is 0 Å². The molecule has 0 aromatic heterocycles. The lowest BCUT2D eigenvalue weighted by atomic mass is 9.98. The van der Waals surface area contributed by atoms with Gasteiger partial charge in [-0.05, 0) is 63.8 Å². The maximum absolute atomic E-state index is 12.1. The Kier molecular flexibility index (Phi) is 6.44. The molecule has 0 unspecified atom stereocenters. The number of benzene rings is 1. The quantitative estimate of drug-likeness (QED) is 0.833. The minimum atomic E-state index is -0.279. The van der Waals surface area contributed by atoms with Crippen LogP contribution in [0.1, 0.15) is 56.3 Å². The third-order valence-electron chi connectivity index (χ3n) is 4.25. The fourth-order valence-electron chi connectivity index (χ4n) is 2.81. The zero-order valence-corrected chi connectivity index (χ0v) is 14.0. The largest absolute Gasteiger partial charge is 0.459 e. The maximum Gasteiger partial charge on any atom is 0.338 e. The minimum absolute atomic E-state index is 0.0540. The van der Waals surface area contributed by atoms with Crippen molar-refractivity contribution in [3.05, 3.63) is 29.8 Å². The summed E-state index contributed by atoms with van der Waals surface area (Å²) in [7, 11) is 0. The minimum Gasteiger partial charge on any atom is -0.459 e. The maximum atomic E-state index is 12.1. The van der Waals surface area contributed by atoms with Crippen LogP contribution in [0.4, 0.5) is 10.5 Å². The van der Waals surface area contributed by atoms with E-state index in [0.717, 1.165) is 25.7 Å². The van der Waals surface area contributed by atoms with E-state index in [0.29, 0.717) is 24.3 Å². The van der Waals surface area contributed by atoms with Gasteiger partial charge in [-0.1, -0.05) is 6.42 Å². The number of esters is 1. The molecule has 0 spiro atoms.